The molecule has 0 amide bonds. The van der Waals surface area contributed by atoms with E-state index < -0.39 is 17.1 Å². The smallest absolute Gasteiger partial charge is 0.330 e. The molecule has 1 aromatic heterocycles. The molecule has 6 nitrogen and oxygen atoms in total. The minimum atomic E-state index is -0.580. The number of carbonyl (C=O) groups excluding carboxylic acids is 1. The fourth-order valence-corrected chi connectivity index (χ4v) is 0.930. The van der Waals surface area contributed by atoms with Crippen molar-refractivity contribution in [2.24, 2.45) is 0 Å². The maximum Gasteiger partial charge on any atom is 0.330 e. The number of hydrogen-bond acceptors (Lipinski definition) is 6. The van der Waals surface area contributed by atoms with Gasteiger partial charge in [0.25, 0.3) is 0 Å². The van der Waals surface area contributed by atoms with Gasteiger partial charge in [-0.25, -0.2) is 4.79 Å². The predicted molar refractivity (Wildman–Crippen MR) is 58.5 cm³/mol. The Bertz CT molecular complexity index is 459. The van der Waals surface area contributed by atoms with Crippen molar-refractivity contribution < 1.29 is 23.8 Å². The van der Waals surface area contributed by atoms with E-state index in [-0.39, 0.29) is 12.4 Å². The number of hydrogen-bond donors (Lipinski definition) is 1. The molecule has 1 rings (SSSR count). The van der Waals surface area contributed by atoms with Crippen LogP contribution in [0, 0.1) is 0 Å². The number of ether oxygens (including phenoxy) is 2. The van der Waals surface area contributed by atoms with Crippen molar-refractivity contribution in [3.8, 4) is 5.75 Å². The SMILES string of the molecule is COCCOC(=O)/C=C/c1cc(=O)c(O)co1. The lowest BCUT2D eigenvalue weighted by Crippen LogP contribution is -2.06. The van der Waals surface area contributed by atoms with E-state index in [0.717, 1.165) is 18.4 Å². The number of esters is 1. The van der Waals surface area contributed by atoms with Gasteiger partial charge in [-0.05, 0) is 6.08 Å². The molecule has 0 aromatic carbocycles. The Hall–Kier alpha value is -2.08. The topological polar surface area (TPSA) is 86.0 Å². The highest BCUT2D eigenvalue weighted by Crippen LogP contribution is 2.05. The number of methoxy groups -OCH3 is 1. The molecule has 1 N–H and O–H groups in total. The summed E-state index contributed by atoms with van der Waals surface area (Å²) < 4.78 is 14.3. The summed E-state index contributed by atoms with van der Waals surface area (Å²) in [5, 5.41) is 8.93. The maximum atomic E-state index is 11.1. The van der Waals surface area contributed by atoms with E-state index in [9.17, 15) is 9.59 Å². The quantitative estimate of drug-likeness (QED) is 0.459. The van der Waals surface area contributed by atoms with Crippen molar-refractivity contribution in [3.63, 3.8) is 0 Å². The van der Waals surface area contributed by atoms with Gasteiger partial charge in [0.1, 0.15) is 18.6 Å². The van der Waals surface area contributed by atoms with Crippen LogP contribution in [-0.4, -0.2) is 31.4 Å². The van der Waals surface area contributed by atoms with Crippen molar-refractivity contribution in [2.45, 2.75) is 0 Å². The van der Waals surface area contributed by atoms with E-state index in [2.05, 4.69) is 0 Å². The Kier molecular flexibility index (Phi) is 4.96. The zero-order valence-corrected chi connectivity index (χ0v) is 9.21. The first-order chi connectivity index (χ1) is 8.13. The zero-order chi connectivity index (χ0) is 12.7. The molecule has 0 radical (unpaired) electrons. The Morgan fingerprint density at radius 3 is 2.94 bits per heavy atom. The van der Waals surface area contributed by atoms with Crippen LogP contribution in [0.3, 0.4) is 0 Å². The van der Waals surface area contributed by atoms with Crippen LogP contribution in [0.15, 0.2) is 27.6 Å². The Morgan fingerprint density at radius 2 is 2.29 bits per heavy atom. The second-order valence-corrected chi connectivity index (χ2v) is 3.03. The van der Waals surface area contributed by atoms with E-state index in [4.69, 9.17) is 19.0 Å². The number of carbonyl (C=O) groups is 1. The van der Waals surface area contributed by atoms with Gasteiger partial charge in [0.15, 0.2) is 5.75 Å². The predicted octanol–water partition coefficient (Wildman–Crippen LogP) is 0.548. The van der Waals surface area contributed by atoms with Crippen molar-refractivity contribution in [1.29, 1.82) is 0 Å². The van der Waals surface area contributed by atoms with Gasteiger partial charge >= 0.3 is 5.97 Å². The Labute approximate surface area is 97.1 Å². The second kappa shape index (κ2) is 6.49. The fourth-order valence-electron chi connectivity index (χ4n) is 0.930. The zero-order valence-electron chi connectivity index (χ0n) is 9.21. The molecule has 0 saturated carbocycles. The van der Waals surface area contributed by atoms with E-state index >= 15 is 0 Å². The molecule has 92 valence electrons. The number of aromatic hydroxyl groups is 1. The molecule has 1 heterocycles. The summed E-state index contributed by atoms with van der Waals surface area (Å²) in [6, 6.07) is 1.06. The number of rotatable bonds is 5. The van der Waals surface area contributed by atoms with Gasteiger partial charge in [0, 0.05) is 19.3 Å². The molecule has 0 aliphatic rings. The van der Waals surface area contributed by atoms with E-state index in [1.165, 1.54) is 13.2 Å². The van der Waals surface area contributed by atoms with Crippen LogP contribution in [0.1, 0.15) is 5.76 Å². The molecule has 0 saturated heterocycles. The molecule has 1 aromatic rings. The Balaban J connectivity index is 2.55. The highest BCUT2D eigenvalue weighted by atomic mass is 16.6. The second-order valence-electron chi connectivity index (χ2n) is 3.03. The summed E-state index contributed by atoms with van der Waals surface area (Å²) >= 11 is 0. The summed E-state index contributed by atoms with van der Waals surface area (Å²) in [7, 11) is 1.49. The Morgan fingerprint density at radius 1 is 1.53 bits per heavy atom. The lowest BCUT2D eigenvalue weighted by Gasteiger charge is -1.99. The maximum absolute atomic E-state index is 11.1. The van der Waals surface area contributed by atoms with Gasteiger partial charge in [-0.15, -0.1) is 0 Å². The van der Waals surface area contributed by atoms with Crippen molar-refractivity contribution in [2.75, 3.05) is 20.3 Å². The average molecular weight is 240 g/mol. The third kappa shape index (κ3) is 4.52. The van der Waals surface area contributed by atoms with Crippen molar-refractivity contribution in [3.05, 3.63) is 34.4 Å². The average Bonchev–Trinajstić information content (AvgIpc) is 2.31. The lowest BCUT2D eigenvalue weighted by molar-refractivity contribution is -0.138. The van der Waals surface area contributed by atoms with Crippen LogP contribution in [0.25, 0.3) is 6.08 Å². The van der Waals surface area contributed by atoms with Crippen molar-refractivity contribution in [1.82, 2.24) is 0 Å². The first kappa shape index (κ1) is 13.0. The van der Waals surface area contributed by atoms with Crippen LogP contribution in [-0.2, 0) is 14.3 Å². The summed E-state index contributed by atoms with van der Waals surface area (Å²) in [5.74, 6) is -0.904. The largest absolute Gasteiger partial charge is 0.502 e. The minimum Gasteiger partial charge on any atom is -0.502 e. The van der Waals surface area contributed by atoms with Crippen LogP contribution in [0.5, 0.6) is 5.75 Å². The molecular weight excluding hydrogens is 228 g/mol. The van der Waals surface area contributed by atoms with E-state index in [0.29, 0.717) is 6.61 Å². The molecule has 0 unspecified atom stereocenters. The van der Waals surface area contributed by atoms with Gasteiger partial charge < -0.3 is 19.0 Å². The van der Waals surface area contributed by atoms with Gasteiger partial charge in [0.05, 0.1) is 6.61 Å². The van der Waals surface area contributed by atoms with Gasteiger partial charge in [0.2, 0.25) is 5.43 Å². The lowest BCUT2D eigenvalue weighted by atomic mass is 10.3. The molecule has 0 bridgehead atoms. The van der Waals surface area contributed by atoms with Crippen LogP contribution < -0.4 is 5.43 Å². The standard InChI is InChI=1S/C11H12O6/c1-15-4-5-16-11(14)3-2-8-6-9(12)10(13)7-17-8/h2-3,6-7,13H,4-5H2,1H3/b3-2+. The molecule has 0 spiro atoms. The molecule has 17 heavy (non-hydrogen) atoms. The van der Waals surface area contributed by atoms with Crippen LogP contribution >= 0.6 is 0 Å². The molecule has 0 aliphatic carbocycles. The summed E-state index contributed by atoms with van der Waals surface area (Å²) in [5.41, 5.74) is -0.580. The normalized spacial score (nSPS) is 10.6. The van der Waals surface area contributed by atoms with Crippen molar-refractivity contribution >= 4 is 12.0 Å². The van der Waals surface area contributed by atoms with Crippen LogP contribution in [0.4, 0.5) is 0 Å². The highest BCUT2D eigenvalue weighted by molar-refractivity contribution is 5.86. The fraction of sp³-hybridized carbons (Fsp3) is 0.273. The van der Waals surface area contributed by atoms with E-state index in [1.807, 2.05) is 0 Å². The summed E-state index contributed by atoms with van der Waals surface area (Å²) in [6.45, 7) is 0.465. The van der Waals surface area contributed by atoms with Gasteiger partial charge in [-0.1, -0.05) is 0 Å². The first-order valence-corrected chi connectivity index (χ1v) is 4.79. The first-order valence-electron chi connectivity index (χ1n) is 4.79. The monoisotopic (exact) mass is 240 g/mol. The minimum absolute atomic E-state index is 0.150. The molecular formula is C11H12O6. The van der Waals surface area contributed by atoms with E-state index in [1.54, 1.807) is 0 Å². The third-order valence-corrected chi connectivity index (χ3v) is 1.75. The summed E-state index contributed by atoms with van der Waals surface area (Å²) in [4.78, 5) is 22.1. The van der Waals surface area contributed by atoms with Gasteiger partial charge in [-0.2, -0.15) is 0 Å². The molecule has 0 fully saturated rings. The molecule has 0 aliphatic heterocycles. The highest BCUT2D eigenvalue weighted by Gasteiger charge is 2.00. The molecule has 0 atom stereocenters. The molecule has 6 heteroatoms. The summed E-state index contributed by atoms with van der Waals surface area (Å²) in [6.07, 6.45) is 3.29. The van der Waals surface area contributed by atoms with Gasteiger partial charge in [-0.3, -0.25) is 4.79 Å². The van der Waals surface area contributed by atoms with Crippen LogP contribution in [0.2, 0.25) is 0 Å². The third-order valence-electron chi connectivity index (χ3n) is 1.75.